The van der Waals surface area contributed by atoms with Gasteiger partial charge in [0.1, 0.15) is 0 Å². The Kier molecular flexibility index (Phi) is 3.51. The summed E-state index contributed by atoms with van der Waals surface area (Å²) in [7, 11) is 0. The van der Waals surface area contributed by atoms with Gasteiger partial charge in [-0.3, -0.25) is 0 Å². The first-order valence-electron chi connectivity index (χ1n) is 8.75. The van der Waals surface area contributed by atoms with Gasteiger partial charge in [0.25, 0.3) is 0 Å². The van der Waals surface area contributed by atoms with Crippen LogP contribution >= 0.6 is 0 Å². The van der Waals surface area contributed by atoms with E-state index in [1.54, 1.807) is 0 Å². The molecule has 0 radical (unpaired) electrons. The number of allylic oxidation sites excluding steroid dienone is 8. The largest absolute Gasteiger partial charge is 0.0987 e. The van der Waals surface area contributed by atoms with Crippen LogP contribution in [-0.2, 0) is 5.41 Å². The molecule has 2 aromatic rings. The molecule has 0 bridgehead atoms. The van der Waals surface area contributed by atoms with Crippen LogP contribution in [0.25, 0.3) is 11.1 Å². The van der Waals surface area contributed by atoms with Gasteiger partial charge in [0.2, 0.25) is 0 Å². The smallest absolute Gasteiger partial charge is 0.0685 e. The Morgan fingerprint density at radius 1 is 0.800 bits per heavy atom. The molecule has 25 heavy (non-hydrogen) atoms. The molecule has 2 aromatic carbocycles. The molecule has 0 amide bonds. The lowest BCUT2D eigenvalue weighted by Crippen LogP contribution is -2.27. The van der Waals surface area contributed by atoms with E-state index in [9.17, 15) is 0 Å². The molecule has 0 nitrogen and oxygen atoms in total. The average Bonchev–Trinajstić information content (AvgIpc) is 3.07. The fraction of sp³-hybridized carbons (Fsp3) is 0.120. The molecule has 0 saturated carbocycles. The van der Waals surface area contributed by atoms with Gasteiger partial charge in [0, 0.05) is 0 Å². The highest BCUT2D eigenvalue weighted by atomic mass is 14.5. The maximum Gasteiger partial charge on any atom is 0.0685 e. The molecule has 1 unspecified atom stereocenters. The molecule has 0 heterocycles. The van der Waals surface area contributed by atoms with Gasteiger partial charge in [-0.25, -0.2) is 0 Å². The summed E-state index contributed by atoms with van der Waals surface area (Å²) in [6.45, 7) is 12.6. The average molecular weight is 322 g/mol. The first-order chi connectivity index (χ1) is 12.2. The summed E-state index contributed by atoms with van der Waals surface area (Å²) in [4.78, 5) is 0. The van der Waals surface area contributed by atoms with Gasteiger partial charge in [0.05, 0.1) is 5.41 Å². The standard InChI is InChI=1S/C25H22/c1-5-12-19-21-14-9-11-16-24(21)25(22(19)7-3)17(4)18(6-2)20-13-8-10-15-23(20)25/h5-16H,2-3H2,1,4H3/b12-5-. The van der Waals surface area contributed by atoms with Crippen molar-refractivity contribution in [2.75, 3.05) is 0 Å². The van der Waals surface area contributed by atoms with E-state index in [4.69, 9.17) is 0 Å². The summed E-state index contributed by atoms with van der Waals surface area (Å²) in [5, 5.41) is 0. The summed E-state index contributed by atoms with van der Waals surface area (Å²) >= 11 is 0. The summed E-state index contributed by atoms with van der Waals surface area (Å²) in [5.41, 5.74) is 10.1. The van der Waals surface area contributed by atoms with Crippen molar-refractivity contribution in [3.8, 4) is 0 Å². The maximum absolute atomic E-state index is 4.20. The molecule has 0 saturated heterocycles. The lowest BCUT2D eigenvalue weighted by Gasteiger charge is -2.32. The van der Waals surface area contributed by atoms with Crippen molar-refractivity contribution < 1.29 is 0 Å². The van der Waals surface area contributed by atoms with Crippen LogP contribution in [0.2, 0.25) is 0 Å². The third-order valence-electron chi connectivity index (χ3n) is 5.64. The number of hydrogen-bond donors (Lipinski definition) is 0. The van der Waals surface area contributed by atoms with Crippen molar-refractivity contribution in [2.24, 2.45) is 0 Å². The molecule has 0 heteroatoms. The highest BCUT2D eigenvalue weighted by molar-refractivity contribution is 5.98. The highest BCUT2D eigenvalue weighted by Crippen LogP contribution is 2.60. The molecule has 0 aliphatic heterocycles. The van der Waals surface area contributed by atoms with E-state index >= 15 is 0 Å². The van der Waals surface area contributed by atoms with Crippen molar-refractivity contribution in [1.82, 2.24) is 0 Å². The Hall–Kier alpha value is -2.86. The van der Waals surface area contributed by atoms with Gasteiger partial charge in [-0.2, -0.15) is 0 Å². The third-order valence-corrected chi connectivity index (χ3v) is 5.64. The van der Waals surface area contributed by atoms with Crippen LogP contribution in [-0.4, -0.2) is 0 Å². The van der Waals surface area contributed by atoms with Crippen LogP contribution in [0.5, 0.6) is 0 Å². The van der Waals surface area contributed by atoms with E-state index in [1.807, 2.05) is 12.2 Å². The number of fused-ring (bicyclic) bond motifs is 4. The van der Waals surface area contributed by atoms with E-state index in [2.05, 4.69) is 87.7 Å². The third kappa shape index (κ3) is 1.77. The predicted molar refractivity (Wildman–Crippen MR) is 108 cm³/mol. The van der Waals surface area contributed by atoms with Crippen LogP contribution < -0.4 is 0 Å². The summed E-state index contributed by atoms with van der Waals surface area (Å²) in [5.74, 6) is 0. The zero-order chi connectivity index (χ0) is 17.6. The Labute approximate surface area is 150 Å². The van der Waals surface area contributed by atoms with E-state index < -0.39 is 0 Å². The SMILES string of the molecule is C=CC1=C(C)C2(C(C=C)=C(/C=C\C)c3ccccc32)c2ccccc21. The fourth-order valence-electron chi connectivity index (χ4n) is 4.75. The van der Waals surface area contributed by atoms with Gasteiger partial charge >= 0.3 is 0 Å². The minimum atomic E-state index is -0.257. The van der Waals surface area contributed by atoms with E-state index in [0.29, 0.717) is 0 Å². The predicted octanol–water partition coefficient (Wildman–Crippen LogP) is 6.48. The molecule has 1 spiro atoms. The van der Waals surface area contributed by atoms with Crippen molar-refractivity contribution in [1.29, 1.82) is 0 Å². The topological polar surface area (TPSA) is 0 Å². The van der Waals surface area contributed by atoms with Crippen LogP contribution in [0.15, 0.2) is 97.1 Å². The summed E-state index contributed by atoms with van der Waals surface area (Å²) in [6.07, 6.45) is 8.37. The molecule has 0 aromatic heterocycles. The Bertz CT molecular complexity index is 994. The fourth-order valence-corrected chi connectivity index (χ4v) is 4.75. The van der Waals surface area contributed by atoms with Crippen LogP contribution in [0.1, 0.15) is 36.1 Å². The van der Waals surface area contributed by atoms with Gasteiger partial charge in [0.15, 0.2) is 0 Å². The Morgan fingerprint density at radius 3 is 1.88 bits per heavy atom. The molecule has 122 valence electrons. The Balaban J connectivity index is 2.23. The second-order valence-electron chi connectivity index (χ2n) is 6.62. The van der Waals surface area contributed by atoms with Crippen molar-refractivity contribution in [2.45, 2.75) is 19.3 Å². The molecule has 4 rings (SSSR count). The van der Waals surface area contributed by atoms with Crippen molar-refractivity contribution >= 4 is 11.1 Å². The van der Waals surface area contributed by atoms with E-state index in [-0.39, 0.29) is 5.41 Å². The zero-order valence-corrected chi connectivity index (χ0v) is 14.8. The van der Waals surface area contributed by atoms with E-state index in [0.717, 1.165) is 0 Å². The summed E-state index contributed by atoms with van der Waals surface area (Å²) in [6, 6.07) is 17.5. The zero-order valence-electron chi connectivity index (χ0n) is 14.8. The van der Waals surface area contributed by atoms with Crippen LogP contribution in [0.3, 0.4) is 0 Å². The minimum absolute atomic E-state index is 0.257. The molecular formula is C25H22. The molecule has 1 atom stereocenters. The normalized spacial score (nSPS) is 21.2. The molecule has 2 aliphatic rings. The second-order valence-corrected chi connectivity index (χ2v) is 6.62. The minimum Gasteiger partial charge on any atom is -0.0987 e. The quantitative estimate of drug-likeness (QED) is 0.607. The second kappa shape index (κ2) is 5.60. The molecule has 2 aliphatic carbocycles. The monoisotopic (exact) mass is 322 g/mol. The van der Waals surface area contributed by atoms with Crippen molar-refractivity contribution in [3.05, 3.63) is 119 Å². The lowest BCUT2D eigenvalue weighted by molar-refractivity contribution is 0.760. The summed E-state index contributed by atoms with van der Waals surface area (Å²) < 4.78 is 0. The van der Waals surface area contributed by atoms with Gasteiger partial charge in [-0.1, -0.05) is 86.0 Å². The molecular weight excluding hydrogens is 300 g/mol. The molecule has 0 fully saturated rings. The van der Waals surface area contributed by atoms with Gasteiger partial charge in [-0.15, -0.1) is 0 Å². The van der Waals surface area contributed by atoms with Crippen LogP contribution in [0, 0.1) is 0 Å². The number of rotatable bonds is 3. The Morgan fingerprint density at radius 2 is 1.36 bits per heavy atom. The first-order valence-corrected chi connectivity index (χ1v) is 8.75. The van der Waals surface area contributed by atoms with Crippen molar-refractivity contribution in [3.63, 3.8) is 0 Å². The number of hydrogen-bond acceptors (Lipinski definition) is 0. The highest BCUT2D eigenvalue weighted by Gasteiger charge is 2.50. The van der Waals surface area contributed by atoms with Crippen LogP contribution in [0.4, 0.5) is 0 Å². The maximum atomic E-state index is 4.20. The lowest BCUT2D eigenvalue weighted by atomic mass is 9.69. The number of benzene rings is 2. The van der Waals surface area contributed by atoms with Gasteiger partial charge < -0.3 is 0 Å². The molecule has 0 N–H and O–H groups in total. The van der Waals surface area contributed by atoms with E-state index in [1.165, 1.54) is 44.5 Å². The van der Waals surface area contributed by atoms with Gasteiger partial charge in [-0.05, 0) is 58.4 Å². The first kappa shape index (κ1) is 15.7.